The Morgan fingerprint density at radius 1 is 1.19 bits per heavy atom. The third kappa shape index (κ3) is 4.12. The minimum Gasteiger partial charge on any atom is -0.489 e. The first-order valence-corrected chi connectivity index (χ1v) is 7.24. The highest BCUT2D eigenvalue weighted by atomic mass is 16.5. The zero-order valence-corrected chi connectivity index (χ0v) is 12.9. The van der Waals surface area contributed by atoms with Crippen LogP contribution in [0, 0.1) is 0 Å². The van der Waals surface area contributed by atoms with Gasteiger partial charge in [0.2, 0.25) is 0 Å². The summed E-state index contributed by atoms with van der Waals surface area (Å²) in [4.78, 5) is 6.48. The van der Waals surface area contributed by atoms with Crippen LogP contribution >= 0.6 is 0 Å². The van der Waals surface area contributed by atoms with E-state index >= 15 is 0 Å². The van der Waals surface area contributed by atoms with Crippen LogP contribution in [0.3, 0.4) is 0 Å². The first kappa shape index (κ1) is 15.2. The van der Waals surface area contributed by atoms with Crippen LogP contribution in [0.2, 0.25) is 0 Å². The fourth-order valence-corrected chi connectivity index (χ4v) is 2.17. The van der Waals surface area contributed by atoms with Crippen molar-refractivity contribution in [3.63, 3.8) is 0 Å². The van der Waals surface area contributed by atoms with E-state index in [1.165, 1.54) is 0 Å². The van der Waals surface area contributed by atoms with Crippen molar-refractivity contribution in [2.75, 3.05) is 24.2 Å². The summed E-state index contributed by atoms with van der Waals surface area (Å²) in [6, 6.07) is 11.9. The SMILES string of the molecule is CC(C)Oc1cccc(N(C)CCc2ccccn2)c1N. The van der Waals surface area contributed by atoms with E-state index in [4.69, 9.17) is 10.5 Å². The maximum atomic E-state index is 6.22. The molecule has 112 valence electrons. The van der Waals surface area contributed by atoms with E-state index in [0.717, 1.165) is 30.1 Å². The van der Waals surface area contributed by atoms with E-state index in [1.54, 1.807) is 0 Å². The van der Waals surface area contributed by atoms with Crippen molar-refractivity contribution in [1.82, 2.24) is 4.98 Å². The maximum absolute atomic E-state index is 6.22. The van der Waals surface area contributed by atoms with Gasteiger partial charge < -0.3 is 15.4 Å². The monoisotopic (exact) mass is 285 g/mol. The predicted molar refractivity (Wildman–Crippen MR) is 87.8 cm³/mol. The molecule has 0 unspecified atom stereocenters. The Balaban J connectivity index is 2.06. The van der Waals surface area contributed by atoms with Crippen LogP contribution in [-0.4, -0.2) is 24.7 Å². The Morgan fingerprint density at radius 2 is 2.00 bits per heavy atom. The van der Waals surface area contributed by atoms with Gasteiger partial charge in [-0.05, 0) is 38.1 Å². The topological polar surface area (TPSA) is 51.4 Å². The minimum absolute atomic E-state index is 0.112. The molecular formula is C17H23N3O. The molecule has 2 rings (SSSR count). The van der Waals surface area contributed by atoms with Crippen LogP contribution in [0.1, 0.15) is 19.5 Å². The summed E-state index contributed by atoms with van der Waals surface area (Å²) in [5, 5.41) is 0. The molecule has 0 radical (unpaired) electrons. The van der Waals surface area contributed by atoms with E-state index in [0.29, 0.717) is 5.69 Å². The van der Waals surface area contributed by atoms with Crippen LogP contribution in [0.15, 0.2) is 42.6 Å². The van der Waals surface area contributed by atoms with Crippen LogP contribution in [0.4, 0.5) is 11.4 Å². The van der Waals surface area contributed by atoms with Crippen molar-refractivity contribution < 1.29 is 4.74 Å². The highest BCUT2D eigenvalue weighted by Gasteiger charge is 2.11. The van der Waals surface area contributed by atoms with Crippen LogP contribution in [0.5, 0.6) is 5.75 Å². The van der Waals surface area contributed by atoms with Crippen LogP contribution in [0.25, 0.3) is 0 Å². The fourth-order valence-electron chi connectivity index (χ4n) is 2.17. The van der Waals surface area contributed by atoms with Gasteiger partial charge in [-0.3, -0.25) is 4.98 Å². The first-order valence-electron chi connectivity index (χ1n) is 7.24. The first-order chi connectivity index (χ1) is 10.1. The summed E-state index contributed by atoms with van der Waals surface area (Å²) in [5.41, 5.74) is 8.98. The highest BCUT2D eigenvalue weighted by Crippen LogP contribution is 2.32. The molecule has 0 amide bonds. The largest absolute Gasteiger partial charge is 0.489 e. The average molecular weight is 285 g/mol. The Labute approximate surface area is 126 Å². The molecule has 0 fully saturated rings. The number of hydrogen-bond acceptors (Lipinski definition) is 4. The average Bonchev–Trinajstić information content (AvgIpc) is 2.47. The van der Waals surface area contributed by atoms with Crippen molar-refractivity contribution in [3.8, 4) is 5.75 Å². The van der Waals surface area contributed by atoms with E-state index in [9.17, 15) is 0 Å². The van der Waals surface area contributed by atoms with Gasteiger partial charge >= 0.3 is 0 Å². The molecule has 0 aliphatic rings. The second-order valence-electron chi connectivity index (χ2n) is 5.35. The smallest absolute Gasteiger partial charge is 0.144 e. The Hall–Kier alpha value is -2.23. The van der Waals surface area contributed by atoms with Gasteiger partial charge in [-0.15, -0.1) is 0 Å². The van der Waals surface area contributed by atoms with Crippen LogP contribution in [-0.2, 0) is 6.42 Å². The molecule has 4 nitrogen and oxygen atoms in total. The lowest BCUT2D eigenvalue weighted by atomic mass is 10.2. The number of para-hydroxylation sites is 1. The van der Waals surface area contributed by atoms with Gasteiger partial charge in [0, 0.05) is 31.9 Å². The second kappa shape index (κ2) is 6.97. The number of benzene rings is 1. The molecule has 4 heteroatoms. The summed E-state index contributed by atoms with van der Waals surface area (Å²) >= 11 is 0. The number of anilines is 2. The van der Waals surface area contributed by atoms with Gasteiger partial charge in [0.1, 0.15) is 5.75 Å². The maximum Gasteiger partial charge on any atom is 0.144 e. The lowest BCUT2D eigenvalue weighted by molar-refractivity contribution is 0.244. The molecule has 2 aromatic rings. The lowest BCUT2D eigenvalue weighted by Crippen LogP contribution is -2.22. The van der Waals surface area contributed by atoms with Gasteiger partial charge in [-0.2, -0.15) is 0 Å². The molecule has 1 aromatic carbocycles. The number of rotatable bonds is 6. The lowest BCUT2D eigenvalue weighted by Gasteiger charge is -2.23. The van der Waals surface area contributed by atoms with E-state index < -0.39 is 0 Å². The van der Waals surface area contributed by atoms with E-state index in [-0.39, 0.29) is 6.10 Å². The predicted octanol–water partition coefficient (Wildman–Crippen LogP) is 3.13. The number of nitrogens with two attached hydrogens (primary N) is 1. The van der Waals surface area contributed by atoms with Crippen molar-refractivity contribution in [2.24, 2.45) is 0 Å². The number of ether oxygens (including phenoxy) is 1. The number of nitrogens with zero attached hydrogens (tertiary/aromatic N) is 2. The molecule has 0 atom stereocenters. The molecule has 0 bridgehead atoms. The molecule has 0 aliphatic carbocycles. The molecule has 1 heterocycles. The molecule has 1 aromatic heterocycles. The summed E-state index contributed by atoms with van der Waals surface area (Å²) in [6.07, 6.45) is 2.81. The third-order valence-electron chi connectivity index (χ3n) is 3.25. The standard InChI is InChI=1S/C17H23N3O/c1-13(2)21-16-9-6-8-15(17(16)18)20(3)12-10-14-7-4-5-11-19-14/h4-9,11,13H,10,12,18H2,1-3H3. The Morgan fingerprint density at radius 3 is 2.67 bits per heavy atom. The fraction of sp³-hybridized carbons (Fsp3) is 0.353. The van der Waals surface area contributed by atoms with Gasteiger partial charge in [-0.1, -0.05) is 12.1 Å². The number of hydrogen-bond donors (Lipinski definition) is 1. The molecular weight excluding hydrogens is 262 g/mol. The Bertz CT molecular complexity index is 570. The molecule has 0 saturated carbocycles. The number of aromatic nitrogens is 1. The number of pyridine rings is 1. The summed E-state index contributed by atoms with van der Waals surface area (Å²) < 4.78 is 5.73. The van der Waals surface area contributed by atoms with Gasteiger partial charge in [0.25, 0.3) is 0 Å². The number of nitrogen functional groups attached to an aromatic ring is 1. The molecule has 0 spiro atoms. The zero-order valence-electron chi connectivity index (χ0n) is 12.9. The molecule has 21 heavy (non-hydrogen) atoms. The van der Waals surface area contributed by atoms with Crippen molar-refractivity contribution in [2.45, 2.75) is 26.4 Å². The normalized spacial score (nSPS) is 10.7. The molecule has 0 saturated heterocycles. The number of likely N-dealkylation sites (N-methyl/N-ethyl adjacent to an activating group) is 1. The van der Waals surface area contributed by atoms with Gasteiger partial charge in [-0.25, -0.2) is 0 Å². The quantitative estimate of drug-likeness (QED) is 0.828. The van der Waals surface area contributed by atoms with E-state index in [1.807, 2.05) is 63.5 Å². The minimum atomic E-state index is 0.112. The molecule has 2 N–H and O–H groups in total. The van der Waals surface area contributed by atoms with Gasteiger partial charge in [0.15, 0.2) is 0 Å². The highest BCUT2D eigenvalue weighted by molar-refractivity contribution is 5.73. The van der Waals surface area contributed by atoms with E-state index in [2.05, 4.69) is 9.88 Å². The van der Waals surface area contributed by atoms with Crippen LogP contribution < -0.4 is 15.4 Å². The second-order valence-corrected chi connectivity index (χ2v) is 5.35. The summed E-state index contributed by atoms with van der Waals surface area (Å²) in [7, 11) is 2.04. The summed E-state index contributed by atoms with van der Waals surface area (Å²) in [6.45, 7) is 4.85. The Kier molecular flexibility index (Phi) is 5.04. The van der Waals surface area contributed by atoms with Crippen molar-refractivity contribution in [1.29, 1.82) is 0 Å². The van der Waals surface area contributed by atoms with Crippen molar-refractivity contribution >= 4 is 11.4 Å². The van der Waals surface area contributed by atoms with Crippen molar-refractivity contribution in [3.05, 3.63) is 48.3 Å². The molecule has 0 aliphatic heterocycles. The third-order valence-corrected chi connectivity index (χ3v) is 3.25. The van der Waals surface area contributed by atoms with Gasteiger partial charge in [0.05, 0.1) is 17.5 Å². The zero-order chi connectivity index (χ0) is 15.2. The summed E-state index contributed by atoms with van der Waals surface area (Å²) in [5.74, 6) is 0.743.